The van der Waals surface area contributed by atoms with E-state index in [9.17, 15) is 4.79 Å². The lowest BCUT2D eigenvalue weighted by Crippen LogP contribution is -2.28. The topological polar surface area (TPSA) is 59.8 Å². The summed E-state index contributed by atoms with van der Waals surface area (Å²) in [4.78, 5) is 12.5. The van der Waals surface area contributed by atoms with Gasteiger partial charge in [-0.25, -0.2) is 0 Å². The molecule has 5 nitrogen and oxygen atoms in total. The zero-order valence-corrected chi connectivity index (χ0v) is 18.2. The zero-order chi connectivity index (χ0) is 20.3. The highest BCUT2D eigenvalue weighted by Gasteiger charge is 2.19. The van der Waals surface area contributed by atoms with E-state index in [-0.39, 0.29) is 11.9 Å². The van der Waals surface area contributed by atoms with E-state index in [1.54, 1.807) is 23.9 Å². The molecule has 1 heterocycles. The molecule has 0 unspecified atom stereocenters. The zero-order valence-electron chi connectivity index (χ0n) is 15.1. The molecule has 0 saturated heterocycles. The Bertz CT molecular complexity index is 991. The molecule has 2 aromatic carbocycles. The van der Waals surface area contributed by atoms with E-state index in [4.69, 9.17) is 34.8 Å². The SMILES string of the molecule is C[C@@H](NC(=O)c1ccc(Cl)cc1Cl)c1nnc(SCc2ccc(Cl)cc2)n1C. The number of rotatable bonds is 6. The van der Waals surface area contributed by atoms with Gasteiger partial charge in [0.2, 0.25) is 0 Å². The fourth-order valence-electron chi connectivity index (χ4n) is 2.57. The Balaban J connectivity index is 1.66. The Morgan fingerprint density at radius 3 is 2.46 bits per heavy atom. The molecule has 3 aromatic rings. The smallest absolute Gasteiger partial charge is 0.253 e. The molecule has 0 fully saturated rings. The molecule has 1 atom stereocenters. The van der Waals surface area contributed by atoms with Crippen molar-refractivity contribution in [3.8, 4) is 0 Å². The van der Waals surface area contributed by atoms with E-state index in [1.807, 2.05) is 42.8 Å². The van der Waals surface area contributed by atoms with Gasteiger partial charge < -0.3 is 9.88 Å². The molecule has 3 rings (SSSR count). The fourth-order valence-corrected chi connectivity index (χ4v) is 4.06. The van der Waals surface area contributed by atoms with Crippen LogP contribution in [0.15, 0.2) is 47.6 Å². The molecule has 28 heavy (non-hydrogen) atoms. The molecule has 0 aliphatic rings. The van der Waals surface area contributed by atoms with E-state index < -0.39 is 0 Å². The van der Waals surface area contributed by atoms with Gasteiger partial charge in [0.15, 0.2) is 11.0 Å². The van der Waals surface area contributed by atoms with Crippen molar-refractivity contribution in [3.05, 3.63) is 74.5 Å². The first-order valence-electron chi connectivity index (χ1n) is 8.37. The number of carbonyl (C=O) groups excluding carboxylic acids is 1. The van der Waals surface area contributed by atoms with E-state index in [0.29, 0.717) is 26.5 Å². The number of amides is 1. The number of carbonyl (C=O) groups is 1. The van der Waals surface area contributed by atoms with Crippen molar-refractivity contribution < 1.29 is 4.79 Å². The minimum atomic E-state index is -0.346. The molecule has 0 aliphatic carbocycles. The summed E-state index contributed by atoms with van der Waals surface area (Å²) >= 11 is 19.5. The average Bonchev–Trinajstić information content (AvgIpc) is 3.01. The first-order chi connectivity index (χ1) is 13.3. The van der Waals surface area contributed by atoms with Crippen LogP contribution in [0.1, 0.15) is 34.7 Å². The molecular formula is C19H17Cl3N4OS. The molecule has 0 spiro atoms. The minimum absolute atomic E-state index is 0.299. The van der Waals surface area contributed by atoms with Crippen LogP contribution < -0.4 is 5.32 Å². The third kappa shape index (κ3) is 5.00. The first-order valence-corrected chi connectivity index (χ1v) is 10.5. The van der Waals surface area contributed by atoms with Gasteiger partial charge in [0.1, 0.15) is 0 Å². The number of halogens is 3. The maximum absolute atomic E-state index is 12.5. The second-order valence-electron chi connectivity index (χ2n) is 6.13. The molecule has 9 heteroatoms. The lowest BCUT2D eigenvalue weighted by atomic mass is 10.2. The predicted molar refractivity (Wildman–Crippen MR) is 114 cm³/mol. The highest BCUT2D eigenvalue weighted by atomic mass is 35.5. The molecule has 0 radical (unpaired) electrons. The van der Waals surface area contributed by atoms with Crippen molar-refractivity contribution >= 4 is 52.5 Å². The van der Waals surface area contributed by atoms with Crippen molar-refractivity contribution in [1.29, 1.82) is 0 Å². The standard InChI is InChI=1S/C19H17Cl3N4OS/c1-11(23-18(27)15-8-7-14(21)9-16(15)22)17-24-25-19(26(17)2)28-10-12-3-5-13(20)6-4-12/h3-9,11H,10H2,1-2H3,(H,23,27)/t11-/m1/s1. The lowest BCUT2D eigenvalue weighted by Gasteiger charge is -2.14. The Morgan fingerprint density at radius 1 is 1.11 bits per heavy atom. The van der Waals surface area contributed by atoms with Gasteiger partial charge in [-0.3, -0.25) is 4.79 Å². The number of thioether (sulfide) groups is 1. The van der Waals surface area contributed by atoms with Crippen molar-refractivity contribution in [3.63, 3.8) is 0 Å². The van der Waals surface area contributed by atoms with Crippen LogP contribution in [-0.2, 0) is 12.8 Å². The van der Waals surface area contributed by atoms with Crippen LogP contribution in [0.25, 0.3) is 0 Å². The van der Waals surface area contributed by atoms with Crippen molar-refractivity contribution in [2.24, 2.45) is 7.05 Å². The summed E-state index contributed by atoms with van der Waals surface area (Å²) in [6, 6.07) is 12.1. The molecule has 1 amide bonds. The quantitative estimate of drug-likeness (QED) is 0.494. The van der Waals surface area contributed by atoms with E-state index in [0.717, 1.165) is 16.5 Å². The molecule has 1 aromatic heterocycles. The lowest BCUT2D eigenvalue weighted by molar-refractivity contribution is 0.0938. The van der Waals surface area contributed by atoms with Gasteiger partial charge in [0, 0.05) is 22.8 Å². The molecule has 1 N–H and O–H groups in total. The Morgan fingerprint density at radius 2 is 1.79 bits per heavy atom. The van der Waals surface area contributed by atoms with Crippen LogP contribution in [0.4, 0.5) is 0 Å². The Hall–Kier alpha value is -1.73. The second-order valence-corrected chi connectivity index (χ2v) is 8.36. The molecule has 0 bridgehead atoms. The maximum Gasteiger partial charge on any atom is 0.253 e. The third-order valence-electron chi connectivity index (χ3n) is 4.06. The number of nitrogens with zero attached hydrogens (tertiary/aromatic N) is 3. The number of hydrogen-bond acceptors (Lipinski definition) is 4. The maximum atomic E-state index is 12.5. The summed E-state index contributed by atoms with van der Waals surface area (Å²) in [6.45, 7) is 1.85. The fraction of sp³-hybridized carbons (Fsp3) is 0.211. The normalized spacial score (nSPS) is 12.0. The van der Waals surface area contributed by atoms with Gasteiger partial charge in [0.25, 0.3) is 5.91 Å². The second kappa shape index (κ2) is 9.18. The van der Waals surface area contributed by atoms with Crippen LogP contribution >= 0.6 is 46.6 Å². The van der Waals surface area contributed by atoms with Crippen molar-refractivity contribution in [1.82, 2.24) is 20.1 Å². The molecule has 0 saturated carbocycles. The van der Waals surface area contributed by atoms with Crippen LogP contribution in [0.2, 0.25) is 15.1 Å². The molecule has 146 valence electrons. The van der Waals surface area contributed by atoms with Crippen molar-refractivity contribution in [2.45, 2.75) is 23.9 Å². The molecular weight excluding hydrogens is 439 g/mol. The number of aromatic nitrogens is 3. The van der Waals surface area contributed by atoms with E-state index in [1.165, 1.54) is 6.07 Å². The van der Waals surface area contributed by atoms with Crippen LogP contribution in [0.5, 0.6) is 0 Å². The minimum Gasteiger partial charge on any atom is -0.342 e. The summed E-state index contributed by atoms with van der Waals surface area (Å²) in [5.41, 5.74) is 1.50. The van der Waals surface area contributed by atoms with Gasteiger partial charge in [-0.15, -0.1) is 10.2 Å². The van der Waals surface area contributed by atoms with Gasteiger partial charge in [-0.1, -0.05) is 58.7 Å². The van der Waals surface area contributed by atoms with Crippen LogP contribution in [-0.4, -0.2) is 20.7 Å². The Kier molecular flexibility index (Phi) is 6.88. The Labute approximate surface area is 182 Å². The number of hydrogen-bond donors (Lipinski definition) is 1. The van der Waals surface area contributed by atoms with Gasteiger partial charge in [-0.2, -0.15) is 0 Å². The molecule has 0 aliphatic heterocycles. The first kappa shape index (κ1) is 21.0. The number of benzene rings is 2. The van der Waals surface area contributed by atoms with E-state index in [2.05, 4.69) is 15.5 Å². The highest BCUT2D eigenvalue weighted by molar-refractivity contribution is 7.98. The third-order valence-corrected chi connectivity index (χ3v) is 5.95. The van der Waals surface area contributed by atoms with Crippen molar-refractivity contribution in [2.75, 3.05) is 0 Å². The highest BCUT2D eigenvalue weighted by Crippen LogP contribution is 2.25. The largest absolute Gasteiger partial charge is 0.342 e. The van der Waals surface area contributed by atoms with E-state index >= 15 is 0 Å². The summed E-state index contributed by atoms with van der Waals surface area (Å²) in [5, 5.41) is 13.6. The summed E-state index contributed by atoms with van der Waals surface area (Å²) < 4.78 is 1.87. The summed E-state index contributed by atoms with van der Waals surface area (Å²) in [5.74, 6) is 1.09. The average molecular weight is 456 g/mol. The predicted octanol–water partition coefficient (Wildman–Crippen LogP) is 5.56. The van der Waals surface area contributed by atoms with Crippen LogP contribution in [0.3, 0.4) is 0 Å². The van der Waals surface area contributed by atoms with Gasteiger partial charge in [-0.05, 0) is 42.8 Å². The van der Waals surface area contributed by atoms with Gasteiger partial charge >= 0.3 is 0 Å². The summed E-state index contributed by atoms with van der Waals surface area (Å²) in [7, 11) is 1.87. The monoisotopic (exact) mass is 454 g/mol. The summed E-state index contributed by atoms with van der Waals surface area (Å²) in [6.07, 6.45) is 0. The van der Waals surface area contributed by atoms with Gasteiger partial charge in [0.05, 0.1) is 16.6 Å². The van der Waals surface area contributed by atoms with Crippen LogP contribution in [0, 0.1) is 0 Å². The number of nitrogens with one attached hydrogen (secondary N) is 1.